The van der Waals surface area contributed by atoms with Crippen LogP contribution in [0.1, 0.15) is 20.8 Å². The van der Waals surface area contributed by atoms with Crippen LogP contribution in [0.4, 0.5) is 0 Å². The van der Waals surface area contributed by atoms with Gasteiger partial charge < -0.3 is 0 Å². The topological polar surface area (TPSA) is 78.9 Å². The summed E-state index contributed by atoms with van der Waals surface area (Å²) >= 11 is -4.01. The summed E-state index contributed by atoms with van der Waals surface area (Å²) in [5.74, 6) is -1.93. The molecule has 0 aliphatic carbocycles. The van der Waals surface area contributed by atoms with Crippen LogP contribution in [0.5, 0.6) is 0 Å². The van der Waals surface area contributed by atoms with E-state index in [0.717, 1.165) is 20.8 Å². The van der Waals surface area contributed by atoms with Crippen LogP contribution in [0.3, 0.4) is 0 Å². The van der Waals surface area contributed by atoms with Crippen LogP contribution in [0.15, 0.2) is 0 Å². The molecule has 6 nitrogen and oxygen atoms in total. The number of rotatable bonds is 3. The minimum absolute atomic E-state index is 0.644. The van der Waals surface area contributed by atoms with Gasteiger partial charge in [-0.2, -0.15) is 0 Å². The van der Waals surface area contributed by atoms with Crippen LogP contribution in [0.2, 0.25) is 5.23 Å². The standard InChI is InChI=1S/3C2H4O2.CH3.Ti/c3*1-2(3)4;;/h3*1H3,(H,3,4);1H3;/q;;;;+3/p-3. The maximum atomic E-state index is 10.7. The molecule has 0 spiro atoms. The predicted molar refractivity (Wildman–Crippen MR) is 41.2 cm³/mol. The van der Waals surface area contributed by atoms with Gasteiger partial charge in [-0.3, -0.25) is 0 Å². The third-order valence-electron chi connectivity index (χ3n) is 0.987. The Kier molecular flexibility index (Phi) is 4.80. The van der Waals surface area contributed by atoms with Crippen molar-refractivity contribution in [3.05, 3.63) is 0 Å². The predicted octanol–water partition coefficient (Wildman–Crippen LogP) is 0.623. The van der Waals surface area contributed by atoms with Crippen molar-refractivity contribution in [1.29, 1.82) is 0 Å². The van der Waals surface area contributed by atoms with Crippen LogP contribution >= 0.6 is 0 Å². The molecular formula is C7H12O6Ti. The van der Waals surface area contributed by atoms with Crippen molar-refractivity contribution in [1.82, 2.24) is 0 Å². The van der Waals surface area contributed by atoms with E-state index in [2.05, 4.69) is 0 Å². The molecule has 0 N–H and O–H groups in total. The van der Waals surface area contributed by atoms with Gasteiger partial charge in [-0.25, -0.2) is 0 Å². The molecule has 0 heterocycles. The second-order valence-corrected chi connectivity index (χ2v) is 6.29. The van der Waals surface area contributed by atoms with E-state index in [1.807, 2.05) is 0 Å². The molecule has 0 rings (SSSR count). The van der Waals surface area contributed by atoms with Gasteiger partial charge in [0.2, 0.25) is 0 Å². The first-order chi connectivity index (χ1) is 6.25. The molecule has 0 bridgehead atoms. The Morgan fingerprint density at radius 2 is 1.00 bits per heavy atom. The Morgan fingerprint density at radius 3 is 1.14 bits per heavy atom. The molecular weight excluding hydrogens is 228 g/mol. The Labute approximate surface area is 86.3 Å². The van der Waals surface area contributed by atoms with Crippen molar-refractivity contribution in [2.45, 2.75) is 26.0 Å². The number of carbonyl (C=O) groups excluding carboxylic acids is 3. The molecule has 0 saturated carbocycles. The second-order valence-electron chi connectivity index (χ2n) is 2.64. The van der Waals surface area contributed by atoms with E-state index in [0.29, 0.717) is 0 Å². The molecule has 0 atom stereocenters. The number of hydrogen-bond donors (Lipinski definition) is 0. The van der Waals surface area contributed by atoms with Gasteiger partial charge in [0.05, 0.1) is 0 Å². The van der Waals surface area contributed by atoms with Gasteiger partial charge in [-0.1, -0.05) is 0 Å². The van der Waals surface area contributed by atoms with Gasteiger partial charge in [0.1, 0.15) is 0 Å². The first kappa shape index (κ1) is 13.1. The molecule has 0 saturated heterocycles. The van der Waals surface area contributed by atoms with Crippen molar-refractivity contribution in [3.8, 4) is 0 Å². The zero-order chi connectivity index (χ0) is 11.4. The molecule has 0 aliphatic heterocycles. The third kappa shape index (κ3) is 5.72. The molecule has 0 unspecified atom stereocenters. The number of carbonyl (C=O) groups is 3. The molecule has 0 aromatic rings. The Bertz CT molecular complexity index is 220. The molecule has 0 fully saturated rings. The van der Waals surface area contributed by atoms with Gasteiger partial charge in [0.15, 0.2) is 0 Å². The van der Waals surface area contributed by atoms with E-state index in [-0.39, 0.29) is 0 Å². The average molecular weight is 240 g/mol. The summed E-state index contributed by atoms with van der Waals surface area (Å²) in [7, 11) is 0. The van der Waals surface area contributed by atoms with Gasteiger partial charge >= 0.3 is 86.0 Å². The SMILES string of the molecule is CC(=O)[O][Ti]([CH3])([O]C(C)=O)[O]C(C)=O. The fraction of sp³-hybridized carbons (Fsp3) is 0.571. The van der Waals surface area contributed by atoms with Crippen LogP contribution in [0, 0.1) is 0 Å². The molecule has 14 heavy (non-hydrogen) atoms. The quantitative estimate of drug-likeness (QED) is 0.673. The summed E-state index contributed by atoms with van der Waals surface area (Å²) < 4.78 is 14.2. The number of hydrogen-bond acceptors (Lipinski definition) is 6. The monoisotopic (exact) mass is 240 g/mol. The zero-order valence-corrected chi connectivity index (χ0v) is 10.0. The molecule has 7 heteroatoms. The van der Waals surface area contributed by atoms with Gasteiger partial charge in [0, 0.05) is 0 Å². The van der Waals surface area contributed by atoms with Crippen molar-refractivity contribution in [2.75, 3.05) is 0 Å². The van der Waals surface area contributed by atoms with E-state index < -0.39 is 35.7 Å². The van der Waals surface area contributed by atoms with E-state index >= 15 is 0 Å². The van der Waals surface area contributed by atoms with Crippen molar-refractivity contribution < 1.29 is 42.1 Å². The molecule has 0 aliphatic rings. The summed E-state index contributed by atoms with van der Waals surface area (Å²) in [6, 6.07) is 0. The molecule has 0 aromatic carbocycles. The molecule has 0 amide bonds. The second kappa shape index (κ2) is 5.12. The summed E-state index contributed by atoms with van der Waals surface area (Å²) in [6.45, 7) is 3.45. The van der Waals surface area contributed by atoms with E-state index in [1.165, 1.54) is 5.23 Å². The third-order valence-corrected chi connectivity index (χ3v) is 4.07. The van der Waals surface area contributed by atoms with Gasteiger partial charge in [0.25, 0.3) is 0 Å². The average Bonchev–Trinajstić information content (AvgIpc) is 1.76. The van der Waals surface area contributed by atoms with E-state index in [1.54, 1.807) is 0 Å². The Morgan fingerprint density at radius 1 is 0.786 bits per heavy atom. The summed E-state index contributed by atoms with van der Waals surface area (Å²) in [5, 5.41) is 1.34. The van der Waals surface area contributed by atoms with Crippen molar-refractivity contribution in [3.63, 3.8) is 0 Å². The van der Waals surface area contributed by atoms with Crippen LogP contribution in [-0.2, 0) is 42.1 Å². The Balaban J connectivity index is 4.56. The van der Waals surface area contributed by atoms with E-state index in [4.69, 9.17) is 9.96 Å². The maximum absolute atomic E-state index is 10.7. The van der Waals surface area contributed by atoms with Gasteiger partial charge in [-0.15, -0.1) is 0 Å². The summed E-state index contributed by atoms with van der Waals surface area (Å²) in [6.07, 6.45) is 0. The summed E-state index contributed by atoms with van der Waals surface area (Å²) in [4.78, 5) is 32.0. The first-order valence-electron chi connectivity index (χ1n) is 3.84. The Hall–Kier alpha value is -0.876. The minimum atomic E-state index is -4.01. The summed E-state index contributed by atoms with van der Waals surface area (Å²) in [5.41, 5.74) is 0. The normalized spacial score (nSPS) is 10.3. The molecule has 0 radical (unpaired) electrons. The fourth-order valence-corrected chi connectivity index (χ4v) is 3.49. The van der Waals surface area contributed by atoms with Crippen LogP contribution in [-0.4, -0.2) is 17.9 Å². The molecule has 80 valence electrons. The van der Waals surface area contributed by atoms with Crippen LogP contribution < -0.4 is 0 Å². The van der Waals surface area contributed by atoms with Crippen molar-refractivity contribution in [2.24, 2.45) is 0 Å². The fourth-order valence-electron chi connectivity index (χ4n) is 0.846. The van der Waals surface area contributed by atoms with E-state index in [9.17, 15) is 14.4 Å². The zero-order valence-electron chi connectivity index (χ0n) is 8.45. The first-order valence-corrected chi connectivity index (χ1v) is 7.31. The van der Waals surface area contributed by atoms with Crippen LogP contribution in [0.25, 0.3) is 0 Å². The van der Waals surface area contributed by atoms with Gasteiger partial charge in [-0.05, 0) is 0 Å². The molecule has 0 aromatic heterocycles. The van der Waals surface area contributed by atoms with Crippen molar-refractivity contribution >= 4 is 17.9 Å².